The van der Waals surface area contributed by atoms with Crippen LogP contribution >= 0.6 is 0 Å². The number of rotatable bonds is 7. The number of likely N-dealkylation sites (tertiary alicyclic amines) is 1. The number of nitrogens with one attached hydrogen (secondary N) is 2. The highest BCUT2D eigenvalue weighted by molar-refractivity contribution is 7.90. The third-order valence-electron chi connectivity index (χ3n) is 6.18. The summed E-state index contributed by atoms with van der Waals surface area (Å²) >= 11 is 0. The van der Waals surface area contributed by atoms with Gasteiger partial charge in [-0.25, -0.2) is 17.8 Å². The van der Waals surface area contributed by atoms with Crippen LogP contribution in [-0.2, 0) is 14.6 Å². The average molecular weight is 515 g/mol. The third kappa shape index (κ3) is 6.16. The maximum atomic E-state index is 13.0. The number of aromatic nitrogens is 2. The minimum Gasteiger partial charge on any atom is -0.456 e. The molecule has 36 heavy (non-hydrogen) atoms. The van der Waals surface area contributed by atoms with Crippen molar-refractivity contribution in [3.05, 3.63) is 76.6 Å². The fourth-order valence-electron chi connectivity index (χ4n) is 4.17. The van der Waals surface area contributed by atoms with Crippen LogP contribution in [-0.4, -0.2) is 54.6 Å². The van der Waals surface area contributed by atoms with E-state index in [9.17, 15) is 22.4 Å². The summed E-state index contributed by atoms with van der Waals surface area (Å²) < 4.78 is 42.5. The number of halogens is 1. The van der Waals surface area contributed by atoms with Gasteiger partial charge < -0.3 is 15.0 Å². The van der Waals surface area contributed by atoms with E-state index >= 15 is 0 Å². The summed E-state index contributed by atoms with van der Waals surface area (Å²) in [5, 5.41) is 2.80. The zero-order valence-corrected chi connectivity index (χ0v) is 20.7. The van der Waals surface area contributed by atoms with Gasteiger partial charge >= 0.3 is 0 Å². The van der Waals surface area contributed by atoms with Gasteiger partial charge in [-0.15, -0.1) is 0 Å². The van der Waals surface area contributed by atoms with Gasteiger partial charge in [0.25, 0.3) is 5.56 Å². The summed E-state index contributed by atoms with van der Waals surface area (Å²) in [6, 6.07) is 9.87. The Hall–Kier alpha value is -3.57. The van der Waals surface area contributed by atoms with E-state index in [2.05, 4.69) is 15.3 Å². The molecule has 2 N–H and O–H groups in total. The van der Waals surface area contributed by atoms with Crippen molar-refractivity contribution < 1.29 is 22.3 Å². The summed E-state index contributed by atoms with van der Waals surface area (Å²) in [4.78, 5) is 33.4. The van der Waals surface area contributed by atoms with Crippen LogP contribution in [0.3, 0.4) is 0 Å². The molecule has 9 nitrogen and oxygen atoms in total. The number of pyridine rings is 2. The van der Waals surface area contributed by atoms with Crippen LogP contribution in [0.25, 0.3) is 0 Å². The van der Waals surface area contributed by atoms with Gasteiger partial charge in [-0.2, -0.15) is 0 Å². The second-order valence-corrected chi connectivity index (χ2v) is 10.8. The van der Waals surface area contributed by atoms with Crippen molar-refractivity contribution in [3.63, 3.8) is 0 Å². The standard InChI is InChI=1S/C25H27FN4O5S/c1-16(24(31)29-23-10-9-21(14-27-23)35-20-7-5-19(26)6-8-20)30-11-3-4-17(15-30)18-12-22(36(2,33)34)25(32)28-13-18/h5-10,12-14,16-17H,3-4,11,15H2,1-2H3,(H,28,32)(H,27,29,31)/t16-,17+/m1/s1. The van der Waals surface area contributed by atoms with Crippen LogP contribution in [0.2, 0.25) is 0 Å². The Morgan fingerprint density at radius 1 is 1.22 bits per heavy atom. The highest BCUT2D eigenvalue weighted by atomic mass is 32.2. The molecule has 1 aromatic carbocycles. The first-order chi connectivity index (χ1) is 17.1. The minimum absolute atomic E-state index is 0.0210. The summed E-state index contributed by atoms with van der Waals surface area (Å²) in [7, 11) is -3.65. The molecule has 0 radical (unpaired) electrons. The smallest absolute Gasteiger partial charge is 0.266 e. The van der Waals surface area contributed by atoms with Gasteiger partial charge in [0.1, 0.15) is 28.0 Å². The van der Waals surface area contributed by atoms with Crippen molar-refractivity contribution >= 4 is 21.6 Å². The summed E-state index contributed by atoms with van der Waals surface area (Å²) in [6.07, 6.45) is 5.67. The molecule has 2 aromatic heterocycles. The molecular formula is C25H27FN4O5S. The Balaban J connectivity index is 1.38. The summed E-state index contributed by atoms with van der Waals surface area (Å²) in [5.41, 5.74) is 0.0917. The van der Waals surface area contributed by atoms with Gasteiger partial charge in [0.05, 0.1) is 12.2 Å². The maximum absolute atomic E-state index is 13.0. The monoisotopic (exact) mass is 514 g/mol. The van der Waals surface area contributed by atoms with Crippen LogP contribution < -0.4 is 15.6 Å². The Kier molecular flexibility index (Phi) is 7.51. The first-order valence-corrected chi connectivity index (χ1v) is 13.4. The van der Waals surface area contributed by atoms with Crippen molar-refractivity contribution in [3.8, 4) is 11.5 Å². The number of benzene rings is 1. The van der Waals surface area contributed by atoms with E-state index in [-0.39, 0.29) is 22.5 Å². The van der Waals surface area contributed by atoms with Gasteiger partial charge in [0.2, 0.25) is 5.91 Å². The van der Waals surface area contributed by atoms with Crippen LogP contribution in [0.4, 0.5) is 10.2 Å². The predicted molar refractivity (Wildman–Crippen MR) is 133 cm³/mol. The first kappa shape index (κ1) is 25.5. The third-order valence-corrected chi connectivity index (χ3v) is 7.28. The van der Waals surface area contributed by atoms with Crippen LogP contribution in [0.5, 0.6) is 11.5 Å². The number of sulfone groups is 1. The molecule has 0 aliphatic carbocycles. The van der Waals surface area contributed by atoms with E-state index in [1.54, 1.807) is 25.3 Å². The van der Waals surface area contributed by atoms with Crippen molar-refractivity contribution in [2.45, 2.75) is 36.6 Å². The van der Waals surface area contributed by atoms with Gasteiger partial charge in [0, 0.05) is 19.0 Å². The highest BCUT2D eigenvalue weighted by Crippen LogP contribution is 2.28. The van der Waals surface area contributed by atoms with E-state index in [1.165, 1.54) is 36.5 Å². The Bertz CT molecular complexity index is 1390. The molecule has 1 aliphatic rings. The fourth-order valence-corrected chi connectivity index (χ4v) is 4.92. The molecule has 4 rings (SSSR count). The number of carbonyl (C=O) groups excluding carboxylic acids is 1. The van der Waals surface area contributed by atoms with Gasteiger partial charge in [-0.1, -0.05) is 0 Å². The lowest BCUT2D eigenvalue weighted by atomic mass is 9.91. The maximum Gasteiger partial charge on any atom is 0.266 e. The Morgan fingerprint density at radius 2 is 1.94 bits per heavy atom. The van der Waals surface area contributed by atoms with Crippen molar-refractivity contribution in [1.29, 1.82) is 0 Å². The molecule has 0 unspecified atom stereocenters. The predicted octanol–water partition coefficient (Wildman–Crippen LogP) is 3.31. The highest BCUT2D eigenvalue weighted by Gasteiger charge is 2.29. The van der Waals surface area contributed by atoms with Crippen LogP contribution in [0, 0.1) is 5.82 Å². The molecule has 3 heterocycles. The quantitative estimate of drug-likeness (QED) is 0.496. The molecule has 0 saturated carbocycles. The molecule has 11 heteroatoms. The zero-order valence-electron chi connectivity index (χ0n) is 19.9. The van der Waals surface area contributed by atoms with Crippen molar-refractivity contribution in [2.75, 3.05) is 24.7 Å². The van der Waals surface area contributed by atoms with Gasteiger partial charge in [-0.3, -0.25) is 14.5 Å². The van der Waals surface area contributed by atoms with Crippen LogP contribution in [0.1, 0.15) is 31.2 Å². The summed E-state index contributed by atoms with van der Waals surface area (Å²) in [6.45, 7) is 3.06. The zero-order chi connectivity index (χ0) is 25.9. The second-order valence-electron chi connectivity index (χ2n) is 8.83. The topological polar surface area (TPSA) is 121 Å². The summed E-state index contributed by atoms with van der Waals surface area (Å²) in [5.74, 6) is 0.673. The largest absolute Gasteiger partial charge is 0.456 e. The van der Waals surface area contributed by atoms with E-state index in [0.29, 0.717) is 30.4 Å². The van der Waals surface area contributed by atoms with E-state index in [4.69, 9.17) is 4.74 Å². The lowest BCUT2D eigenvalue weighted by molar-refractivity contribution is -0.121. The van der Waals surface area contributed by atoms with E-state index in [1.807, 2.05) is 4.90 Å². The van der Waals surface area contributed by atoms with Crippen LogP contribution in [0.15, 0.2) is 64.5 Å². The molecule has 190 valence electrons. The number of hydrogen-bond donors (Lipinski definition) is 2. The number of aromatic amines is 1. The Labute approximate surface area is 208 Å². The molecular weight excluding hydrogens is 487 g/mol. The number of piperidine rings is 1. The van der Waals surface area contributed by atoms with E-state index in [0.717, 1.165) is 24.7 Å². The number of carbonyl (C=O) groups is 1. The molecule has 1 aliphatic heterocycles. The number of nitrogens with zero attached hydrogens (tertiary/aromatic N) is 2. The average Bonchev–Trinajstić information content (AvgIpc) is 2.86. The number of hydrogen-bond acceptors (Lipinski definition) is 7. The molecule has 0 spiro atoms. The van der Waals surface area contributed by atoms with Gasteiger partial charge in [-0.05, 0) is 80.3 Å². The van der Waals surface area contributed by atoms with E-state index < -0.39 is 21.4 Å². The second kappa shape index (κ2) is 10.6. The number of ether oxygens (including phenoxy) is 1. The lowest BCUT2D eigenvalue weighted by Gasteiger charge is -2.36. The van der Waals surface area contributed by atoms with Crippen molar-refractivity contribution in [2.24, 2.45) is 0 Å². The molecule has 1 saturated heterocycles. The molecule has 2 atom stereocenters. The van der Waals surface area contributed by atoms with Gasteiger partial charge in [0.15, 0.2) is 9.84 Å². The molecule has 0 bridgehead atoms. The lowest BCUT2D eigenvalue weighted by Crippen LogP contribution is -2.46. The molecule has 1 amide bonds. The number of amides is 1. The first-order valence-electron chi connectivity index (χ1n) is 11.5. The number of H-pyrrole nitrogens is 1. The molecule has 1 fully saturated rings. The van der Waals surface area contributed by atoms with Crippen molar-refractivity contribution in [1.82, 2.24) is 14.9 Å². The fraction of sp³-hybridized carbons (Fsp3) is 0.320. The molecule has 3 aromatic rings. The minimum atomic E-state index is -3.65. The normalized spacial score (nSPS) is 17.4. The number of anilines is 1. The Morgan fingerprint density at radius 3 is 2.61 bits per heavy atom. The SMILES string of the molecule is C[C@H](C(=O)Nc1ccc(Oc2ccc(F)cc2)cn1)N1CCC[C@H](c2c[nH]c(=O)c(S(C)(=O)=O)c2)C1.